The first kappa shape index (κ1) is 11.3. The van der Waals surface area contributed by atoms with Gasteiger partial charge in [-0.25, -0.2) is 0 Å². The van der Waals surface area contributed by atoms with Crippen molar-refractivity contribution in [2.75, 3.05) is 0 Å². The summed E-state index contributed by atoms with van der Waals surface area (Å²) in [5.74, 6) is -0.875. The number of hydrogen-bond acceptors (Lipinski definition) is 2. The third-order valence-corrected chi connectivity index (χ3v) is 2.54. The molecule has 17 heavy (non-hydrogen) atoms. The molecule has 0 amide bonds. The molecular weight excluding hydrogens is 212 g/mol. The lowest BCUT2D eigenvalue weighted by molar-refractivity contribution is -0.131. The molecule has 1 aromatic carbocycles. The lowest BCUT2D eigenvalue weighted by atomic mass is 10.1. The van der Waals surface area contributed by atoms with Crippen LogP contribution in [0.5, 0.6) is 0 Å². The van der Waals surface area contributed by atoms with E-state index in [0.29, 0.717) is 0 Å². The molecule has 0 bridgehead atoms. The Morgan fingerprint density at radius 2 is 1.47 bits per heavy atom. The molecule has 0 radical (unpaired) electrons. The van der Waals surface area contributed by atoms with Gasteiger partial charge in [0.25, 0.3) is 0 Å². The second-order valence-electron chi connectivity index (χ2n) is 3.75. The standard InChI is InChI=1S/C9H8.C6H4O2/c1-2-5-9-7-3-6-8(9)4-1;7-5-3-1-2-4-6(5)8/h1-6H,7H2;1-4H. The number of rotatable bonds is 0. The van der Waals surface area contributed by atoms with Crippen molar-refractivity contribution in [3.05, 3.63) is 65.8 Å². The van der Waals surface area contributed by atoms with Crippen LogP contribution < -0.4 is 0 Å². The summed E-state index contributed by atoms with van der Waals surface area (Å²) in [4.78, 5) is 20.6. The number of benzene rings is 1. The van der Waals surface area contributed by atoms with Crippen LogP contribution in [-0.4, -0.2) is 11.6 Å². The molecule has 0 saturated carbocycles. The van der Waals surface area contributed by atoms with Crippen LogP contribution in [0.1, 0.15) is 11.1 Å². The SMILES string of the molecule is C1=Cc2ccccc2C1.O=C1C=CC=CC1=O. The number of allylic oxidation sites excluding steroid dienone is 5. The second-order valence-corrected chi connectivity index (χ2v) is 3.75. The van der Waals surface area contributed by atoms with Crippen molar-refractivity contribution in [1.82, 2.24) is 0 Å². The van der Waals surface area contributed by atoms with Crippen LogP contribution in [-0.2, 0) is 16.0 Å². The third kappa shape index (κ3) is 2.88. The van der Waals surface area contributed by atoms with Crippen LogP contribution in [0.3, 0.4) is 0 Å². The molecule has 0 fully saturated rings. The Morgan fingerprint density at radius 1 is 0.824 bits per heavy atom. The van der Waals surface area contributed by atoms with Crippen LogP contribution in [0.4, 0.5) is 0 Å². The fourth-order valence-electron chi connectivity index (χ4n) is 1.65. The number of ketones is 2. The smallest absolute Gasteiger partial charge is 0.225 e. The quantitative estimate of drug-likeness (QED) is 0.501. The summed E-state index contributed by atoms with van der Waals surface area (Å²) < 4.78 is 0. The summed E-state index contributed by atoms with van der Waals surface area (Å²) in [6.45, 7) is 0. The normalized spacial score (nSPS) is 15.5. The molecule has 0 spiro atoms. The minimum absolute atomic E-state index is 0.437. The molecule has 2 aliphatic carbocycles. The van der Waals surface area contributed by atoms with Gasteiger partial charge in [0.2, 0.25) is 11.6 Å². The zero-order valence-corrected chi connectivity index (χ0v) is 9.30. The van der Waals surface area contributed by atoms with E-state index < -0.39 is 11.6 Å². The molecule has 3 rings (SSSR count). The minimum atomic E-state index is -0.437. The van der Waals surface area contributed by atoms with Crippen molar-refractivity contribution in [2.24, 2.45) is 0 Å². The van der Waals surface area contributed by atoms with Gasteiger partial charge in [0.05, 0.1) is 0 Å². The summed E-state index contributed by atoms with van der Waals surface area (Å²) in [6.07, 6.45) is 11.1. The van der Waals surface area contributed by atoms with Crippen LogP contribution in [0.15, 0.2) is 54.6 Å². The van der Waals surface area contributed by atoms with Gasteiger partial charge in [-0.15, -0.1) is 0 Å². The zero-order chi connectivity index (χ0) is 12.1. The second kappa shape index (κ2) is 5.21. The first-order valence-corrected chi connectivity index (χ1v) is 5.45. The Bertz CT molecular complexity index is 512. The minimum Gasteiger partial charge on any atom is -0.286 e. The monoisotopic (exact) mass is 224 g/mol. The zero-order valence-electron chi connectivity index (χ0n) is 9.30. The van der Waals surface area contributed by atoms with Crippen molar-refractivity contribution in [3.8, 4) is 0 Å². The van der Waals surface area contributed by atoms with E-state index in [1.54, 1.807) is 12.2 Å². The van der Waals surface area contributed by atoms with Gasteiger partial charge in [-0.2, -0.15) is 0 Å². The maximum Gasteiger partial charge on any atom is 0.225 e. The fraction of sp³-hybridized carbons (Fsp3) is 0.0667. The van der Waals surface area contributed by atoms with Crippen molar-refractivity contribution in [1.29, 1.82) is 0 Å². The van der Waals surface area contributed by atoms with Crippen molar-refractivity contribution < 1.29 is 9.59 Å². The molecule has 0 unspecified atom stereocenters. The van der Waals surface area contributed by atoms with E-state index in [2.05, 4.69) is 36.4 Å². The average molecular weight is 224 g/mol. The lowest BCUT2D eigenvalue weighted by Crippen LogP contribution is -2.08. The van der Waals surface area contributed by atoms with Crippen LogP contribution >= 0.6 is 0 Å². The predicted octanol–water partition coefficient (Wildman–Crippen LogP) is 2.51. The van der Waals surface area contributed by atoms with Crippen molar-refractivity contribution in [2.45, 2.75) is 6.42 Å². The molecule has 0 atom stereocenters. The Labute approximate surface area is 100.0 Å². The van der Waals surface area contributed by atoms with E-state index in [9.17, 15) is 9.59 Å². The Hall–Kier alpha value is -2.22. The van der Waals surface area contributed by atoms with E-state index in [-0.39, 0.29) is 0 Å². The summed E-state index contributed by atoms with van der Waals surface area (Å²) >= 11 is 0. The van der Waals surface area contributed by atoms with Crippen LogP contribution in [0.2, 0.25) is 0 Å². The van der Waals surface area contributed by atoms with Gasteiger partial charge in [0.1, 0.15) is 0 Å². The largest absolute Gasteiger partial charge is 0.286 e. The highest BCUT2D eigenvalue weighted by Gasteiger charge is 2.06. The summed E-state index contributed by atoms with van der Waals surface area (Å²) in [5.41, 5.74) is 2.84. The van der Waals surface area contributed by atoms with Gasteiger partial charge in [0.15, 0.2) is 0 Å². The summed E-state index contributed by atoms with van der Waals surface area (Å²) in [7, 11) is 0. The van der Waals surface area contributed by atoms with Crippen molar-refractivity contribution >= 4 is 17.6 Å². The van der Waals surface area contributed by atoms with E-state index >= 15 is 0 Å². The van der Waals surface area contributed by atoms with Gasteiger partial charge in [-0.1, -0.05) is 48.6 Å². The predicted molar refractivity (Wildman–Crippen MR) is 67.5 cm³/mol. The fourth-order valence-corrected chi connectivity index (χ4v) is 1.65. The maximum absolute atomic E-state index is 10.3. The van der Waals surface area contributed by atoms with Gasteiger partial charge >= 0.3 is 0 Å². The average Bonchev–Trinajstić information content (AvgIpc) is 2.82. The van der Waals surface area contributed by atoms with E-state index in [1.165, 1.54) is 23.3 Å². The van der Waals surface area contributed by atoms with Gasteiger partial charge < -0.3 is 0 Å². The van der Waals surface area contributed by atoms with Crippen LogP contribution in [0.25, 0.3) is 6.08 Å². The topological polar surface area (TPSA) is 34.1 Å². The third-order valence-electron chi connectivity index (χ3n) is 2.54. The van der Waals surface area contributed by atoms with E-state index in [4.69, 9.17) is 0 Å². The molecule has 84 valence electrons. The molecule has 0 N–H and O–H groups in total. The van der Waals surface area contributed by atoms with Gasteiger partial charge in [0, 0.05) is 0 Å². The van der Waals surface area contributed by atoms with E-state index in [0.717, 1.165) is 6.42 Å². The lowest BCUT2D eigenvalue weighted by Gasteiger charge is -1.93. The number of carbonyl (C=O) groups is 2. The molecule has 0 aromatic heterocycles. The number of carbonyl (C=O) groups excluding carboxylic acids is 2. The molecule has 2 nitrogen and oxygen atoms in total. The molecular formula is C15H12O2. The Morgan fingerprint density at radius 3 is 2.06 bits per heavy atom. The molecule has 1 aromatic rings. The summed E-state index contributed by atoms with van der Waals surface area (Å²) in [5, 5.41) is 0. The first-order chi connectivity index (χ1) is 8.27. The first-order valence-electron chi connectivity index (χ1n) is 5.45. The highest BCUT2D eigenvalue weighted by Crippen LogP contribution is 2.17. The number of hydrogen-bond donors (Lipinski definition) is 0. The molecule has 0 saturated heterocycles. The highest BCUT2D eigenvalue weighted by molar-refractivity contribution is 6.46. The van der Waals surface area contributed by atoms with Crippen molar-refractivity contribution in [3.63, 3.8) is 0 Å². The highest BCUT2D eigenvalue weighted by atomic mass is 16.2. The van der Waals surface area contributed by atoms with E-state index in [1.807, 2.05) is 0 Å². The number of fused-ring (bicyclic) bond motifs is 1. The maximum atomic E-state index is 10.3. The molecule has 0 aliphatic heterocycles. The van der Waals surface area contributed by atoms with Crippen LogP contribution in [0, 0.1) is 0 Å². The molecule has 2 heteroatoms. The molecule has 2 aliphatic rings. The Balaban J connectivity index is 0.000000128. The summed E-state index contributed by atoms with van der Waals surface area (Å²) in [6, 6.07) is 8.49. The molecule has 0 heterocycles. The van der Waals surface area contributed by atoms with Gasteiger partial charge in [-0.3, -0.25) is 9.59 Å². The van der Waals surface area contributed by atoms with Gasteiger partial charge in [-0.05, 0) is 29.7 Å². The Kier molecular flexibility index (Phi) is 3.46.